The standard InChI is InChI=1S/C26H37N5O4/c1-4-35-26(34)30-12-9-21(10-13-30)27-24(32)11-14-29-15-16-31-23(25(29)33)17-22(28-31)20-7-5-19(6-8-20)18(2)3/h5-8,15-16,18,21-23,28H,4,9-14,17H2,1-3H3,(H,27,32). The topological polar surface area (TPSA) is 94.2 Å². The summed E-state index contributed by atoms with van der Waals surface area (Å²) < 4.78 is 5.04. The molecule has 3 amide bonds. The number of rotatable bonds is 7. The Morgan fingerprint density at radius 1 is 1.14 bits per heavy atom. The van der Waals surface area contributed by atoms with Crippen LogP contribution >= 0.6 is 0 Å². The first-order chi connectivity index (χ1) is 16.9. The summed E-state index contributed by atoms with van der Waals surface area (Å²) in [5.74, 6) is 0.423. The Labute approximate surface area is 207 Å². The number of hydrogen-bond acceptors (Lipinski definition) is 6. The minimum Gasteiger partial charge on any atom is -0.450 e. The number of nitrogens with zero attached hydrogens (tertiary/aromatic N) is 3. The summed E-state index contributed by atoms with van der Waals surface area (Å²) in [5.41, 5.74) is 5.90. The van der Waals surface area contributed by atoms with Crippen molar-refractivity contribution >= 4 is 17.9 Å². The second kappa shape index (κ2) is 11.1. The molecule has 0 aromatic heterocycles. The van der Waals surface area contributed by atoms with Gasteiger partial charge in [-0.1, -0.05) is 38.1 Å². The van der Waals surface area contributed by atoms with Crippen molar-refractivity contribution in [3.63, 3.8) is 0 Å². The fourth-order valence-corrected chi connectivity index (χ4v) is 4.89. The zero-order valence-electron chi connectivity index (χ0n) is 20.9. The molecule has 35 heavy (non-hydrogen) atoms. The van der Waals surface area contributed by atoms with Crippen LogP contribution in [0.15, 0.2) is 36.7 Å². The molecule has 3 heterocycles. The van der Waals surface area contributed by atoms with E-state index < -0.39 is 0 Å². The smallest absolute Gasteiger partial charge is 0.409 e. The van der Waals surface area contributed by atoms with Gasteiger partial charge in [-0.3, -0.25) is 9.59 Å². The first-order valence-corrected chi connectivity index (χ1v) is 12.7. The van der Waals surface area contributed by atoms with Crippen molar-refractivity contribution in [2.45, 2.75) is 70.5 Å². The normalized spacial score (nSPS) is 22.5. The summed E-state index contributed by atoms with van der Waals surface area (Å²) >= 11 is 0. The van der Waals surface area contributed by atoms with Gasteiger partial charge in [-0.15, -0.1) is 0 Å². The molecule has 1 aromatic rings. The number of carbonyl (C=O) groups excluding carboxylic acids is 3. The minimum atomic E-state index is -0.294. The maximum Gasteiger partial charge on any atom is 0.409 e. The zero-order chi connectivity index (χ0) is 24.9. The maximum absolute atomic E-state index is 13.1. The average Bonchev–Trinajstić information content (AvgIpc) is 3.30. The molecule has 2 N–H and O–H groups in total. The SMILES string of the molecule is CCOC(=O)N1CCC(NC(=O)CCN2C=CN3NC(c4ccc(C(C)C)cc4)CC3C2=O)CC1. The molecule has 9 heteroatoms. The molecule has 3 aliphatic heterocycles. The quantitative estimate of drug-likeness (QED) is 0.620. The molecular formula is C26H37N5O4. The van der Waals surface area contributed by atoms with Gasteiger partial charge >= 0.3 is 6.09 Å². The molecule has 0 aliphatic carbocycles. The van der Waals surface area contributed by atoms with Crippen LogP contribution in [0.25, 0.3) is 0 Å². The zero-order valence-corrected chi connectivity index (χ0v) is 20.9. The van der Waals surface area contributed by atoms with Crippen LogP contribution in [0.3, 0.4) is 0 Å². The molecule has 2 fully saturated rings. The Morgan fingerprint density at radius 2 is 1.86 bits per heavy atom. The number of carbonyl (C=O) groups is 3. The predicted octanol–water partition coefficient (Wildman–Crippen LogP) is 2.87. The van der Waals surface area contributed by atoms with Crippen molar-refractivity contribution in [2.75, 3.05) is 26.2 Å². The molecular weight excluding hydrogens is 446 g/mol. The lowest BCUT2D eigenvalue weighted by atomic mass is 9.97. The second-order valence-corrected chi connectivity index (χ2v) is 9.77. The van der Waals surface area contributed by atoms with Crippen LogP contribution < -0.4 is 10.7 Å². The highest BCUT2D eigenvalue weighted by Crippen LogP contribution is 2.31. The highest BCUT2D eigenvalue weighted by Gasteiger charge is 2.40. The highest BCUT2D eigenvalue weighted by atomic mass is 16.6. The Balaban J connectivity index is 1.22. The summed E-state index contributed by atoms with van der Waals surface area (Å²) in [4.78, 5) is 40.8. The number of nitrogens with one attached hydrogen (secondary N) is 2. The molecule has 1 aromatic carbocycles. The number of piperidine rings is 1. The summed E-state index contributed by atoms with van der Waals surface area (Å²) in [6.45, 7) is 8.00. The number of likely N-dealkylation sites (tertiary alicyclic amines) is 1. The Hall–Kier alpha value is -3.07. The highest BCUT2D eigenvalue weighted by molar-refractivity contribution is 5.85. The van der Waals surface area contributed by atoms with E-state index in [4.69, 9.17) is 4.74 Å². The van der Waals surface area contributed by atoms with E-state index in [9.17, 15) is 14.4 Å². The van der Waals surface area contributed by atoms with Gasteiger partial charge in [0.15, 0.2) is 0 Å². The van der Waals surface area contributed by atoms with Gasteiger partial charge < -0.3 is 24.9 Å². The molecule has 2 saturated heterocycles. The van der Waals surface area contributed by atoms with E-state index in [0.29, 0.717) is 51.4 Å². The predicted molar refractivity (Wildman–Crippen MR) is 132 cm³/mol. The van der Waals surface area contributed by atoms with Gasteiger partial charge in [0.25, 0.3) is 5.91 Å². The summed E-state index contributed by atoms with van der Waals surface area (Å²) in [6, 6.07) is 8.43. The fourth-order valence-electron chi connectivity index (χ4n) is 4.89. The van der Waals surface area contributed by atoms with Gasteiger partial charge in [0.1, 0.15) is 6.04 Å². The third-order valence-corrected chi connectivity index (χ3v) is 7.05. The third-order valence-electron chi connectivity index (χ3n) is 7.05. The number of hydrogen-bond donors (Lipinski definition) is 2. The Bertz CT molecular complexity index is 940. The van der Waals surface area contributed by atoms with E-state index in [1.54, 1.807) is 22.9 Å². The van der Waals surface area contributed by atoms with Crippen LogP contribution in [0.1, 0.15) is 69.5 Å². The van der Waals surface area contributed by atoms with Crippen molar-refractivity contribution in [1.82, 2.24) is 25.6 Å². The number of ether oxygens (including phenoxy) is 1. The van der Waals surface area contributed by atoms with Crippen molar-refractivity contribution in [3.05, 3.63) is 47.8 Å². The number of fused-ring (bicyclic) bond motifs is 1. The van der Waals surface area contributed by atoms with E-state index in [-0.39, 0.29) is 42.5 Å². The first-order valence-electron chi connectivity index (χ1n) is 12.7. The lowest BCUT2D eigenvalue weighted by Gasteiger charge is -2.33. The van der Waals surface area contributed by atoms with E-state index >= 15 is 0 Å². The largest absolute Gasteiger partial charge is 0.450 e. The van der Waals surface area contributed by atoms with Crippen molar-refractivity contribution < 1.29 is 19.1 Å². The van der Waals surface area contributed by atoms with E-state index in [2.05, 4.69) is 48.9 Å². The molecule has 3 aliphatic rings. The lowest BCUT2D eigenvalue weighted by molar-refractivity contribution is -0.134. The molecule has 4 rings (SSSR count). The van der Waals surface area contributed by atoms with Crippen LogP contribution in [0.4, 0.5) is 4.79 Å². The fraction of sp³-hybridized carbons (Fsp3) is 0.577. The van der Waals surface area contributed by atoms with Gasteiger partial charge in [0.05, 0.1) is 12.6 Å². The number of benzene rings is 1. The van der Waals surface area contributed by atoms with Crippen LogP contribution in [-0.2, 0) is 14.3 Å². The van der Waals surface area contributed by atoms with Crippen LogP contribution in [-0.4, -0.2) is 71.0 Å². The van der Waals surface area contributed by atoms with Gasteiger partial charge in [0, 0.05) is 44.5 Å². The lowest BCUT2D eigenvalue weighted by Crippen LogP contribution is -2.49. The first kappa shape index (κ1) is 25.0. The van der Waals surface area contributed by atoms with Gasteiger partial charge in [0.2, 0.25) is 5.91 Å². The number of amides is 3. The van der Waals surface area contributed by atoms with Gasteiger partial charge in [-0.25, -0.2) is 10.2 Å². The molecule has 190 valence electrons. The van der Waals surface area contributed by atoms with E-state index in [0.717, 1.165) is 0 Å². The molecule has 0 spiro atoms. The van der Waals surface area contributed by atoms with Crippen LogP contribution in [0.2, 0.25) is 0 Å². The molecule has 2 unspecified atom stereocenters. The van der Waals surface area contributed by atoms with E-state index in [1.807, 2.05) is 11.2 Å². The van der Waals surface area contributed by atoms with Crippen LogP contribution in [0, 0.1) is 0 Å². The summed E-state index contributed by atoms with van der Waals surface area (Å²) in [6.07, 6.45) is 5.68. The van der Waals surface area contributed by atoms with Gasteiger partial charge in [-0.2, -0.15) is 0 Å². The van der Waals surface area contributed by atoms with Crippen molar-refractivity contribution in [2.24, 2.45) is 0 Å². The van der Waals surface area contributed by atoms with Crippen LogP contribution in [0.5, 0.6) is 0 Å². The molecule has 0 radical (unpaired) electrons. The Morgan fingerprint density at radius 3 is 2.51 bits per heavy atom. The average molecular weight is 484 g/mol. The molecule has 2 atom stereocenters. The summed E-state index contributed by atoms with van der Waals surface area (Å²) in [5, 5.41) is 4.94. The molecule has 9 nitrogen and oxygen atoms in total. The summed E-state index contributed by atoms with van der Waals surface area (Å²) in [7, 11) is 0. The minimum absolute atomic E-state index is 0.0110. The second-order valence-electron chi connectivity index (χ2n) is 9.77. The maximum atomic E-state index is 13.1. The monoisotopic (exact) mass is 483 g/mol. The molecule has 0 bridgehead atoms. The van der Waals surface area contributed by atoms with Crippen molar-refractivity contribution in [1.29, 1.82) is 0 Å². The van der Waals surface area contributed by atoms with Gasteiger partial charge in [-0.05, 0) is 43.2 Å². The number of hydrazine groups is 1. The van der Waals surface area contributed by atoms with Crippen molar-refractivity contribution in [3.8, 4) is 0 Å². The molecule has 0 saturated carbocycles. The van der Waals surface area contributed by atoms with E-state index in [1.165, 1.54) is 11.1 Å². The Kier molecular flexibility index (Phi) is 7.95. The third kappa shape index (κ3) is 5.96.